The lowest BCUT2D eigenvalue weighted by Gasteiger charge is -2.11. The van der Waals surface area contributed by atoms with Crippen molar-refractivity contribution >= 4 is 5.69 Å². The predicted molar refractivity (Wildman–Crippen MR) is 81.9 cm³/mol. The van der Waals surface area contributed by atoms with Gasteiger partial charge in [-0.1, -0.05) is 25.1 Å². The van der Waals surface area contributed by atoms with Crippen LogP contribution in [-0.4, -0.2) is 23.5 Å². The van der Waals surface area contributed by atoms with Crippen LogP contribution in [0.5, 0.6) is 0 Å². The molecule has 0 atom stereocenters. The maximum absolute atomic E-state index is 5.16. The van der Waals surface area contributed by atoms with E-state index < -0.39 is 0 Å². The molecule has 0 fully saturated rings. The SMILES string of the molecule is CCc1nn(C)cc1CNc1ccccc1CCOC. The first kappa shape index (κ1) is 14.6. The molecule has 4 heteroatoms. The van der Waals surface area contributed by atoms with E-state index in [9.17, 15) is 0 Å². The Morgan fingerprint density at radius 1 is 1.25 bits per heavy atom. The maximum atomic E-state index is 5.16. The number of methoxy groups -OCH3 is 1. The molecule has 2 rings (SSSR count). The maximum Gasteiger partial charge on any atom is 0.0671 e. The van der Waals surface area contributed by atoms with Crippen LogP contribution in [0, 0.1) is 0 Å². The van der Waals surface area contributed by atoms with Crippen LogP contribution < -0.4 is 5.32 Å². The quantitative estimate of drug-likeness (QED) is 0.843. The number of nitrogens with zero attached hydrogens (tertiary/aromatic N) is 2. The van der Waals surface area contributed by atoms with E-state index in [-0.39, 0.29) is 0 Å². The van der Waals surface area contributed by atoms with Crippen molar-refractivity contribution in [1.29, 1.82) is 0 Å². The molecule has 0 aliphatic heterocycles. The van der Waals surface area contributed by atoms with Crippen LogP contribution in [-0.2, 0) is 31.2 Å². The summed E-state index contributed by atoms with van der Waals surface area (Å²) in [5.41, 5.74) is 4.89. The fourth-order valence-corrected chi connectivity index (χ4v) is 2.34. The molecule has 1 heterocycles. The number of hydrogen-bond donors (Lipinski definition) is 1. The Hall–Kier alpha value is -1.81. The highest BCUT2D eigenvalue weighted by molar-refractivity contribution is 5.51. The highest BCUT2D eigenvalue weighted by atomic mass is 16.5. The van der Waals surface area contributed by atoms with Crippen LogP contribution in [0.1, 0.15) is 23.7 Å². The number of aryl methyl sites for hydroxylation is 2. The van der Waals surface area contributed by atoms with E-state index in [2.05, 4.69) is 47.8 Å². The van der Waals surface area contributed by atoms with E-state index in [1.807, 2.05) is 11.7 Å². The zero-order chi connectivity index (χ0) is 14.4. The largest absolute Gasteiger partial charge is 0.384 e. The number of ether oxygens (including phenoxy) is 1. The minimum atomic E-state index is 0.742. The monoisotopic (exact) mass is 273 g/mol. The predicted octanol–water partition coefficient (Wildman–Crippen LogP) is 2.78. The smallest absolute Gasteiger partial charge is 0.0671 e. The van der Waals surface area contributed by atoms with Crippen LogP contribution in [0.2, 0.25) is 0 Å². The van der Waals surface area contributed by atoms with Crippen molar-refractivity contribution in [3.63, 3.8) is 0 Å². The van der Waals surface area contributed by atoms with Gasteiger partial charge in [0.25, 0.3) is 0 Å². The Balaban J connectivity index is 2.06. The number of nitrogens with one attached hydrogen (secondary N) is 1. The van der Waals surface area contributed by atoms with E-state index in [1.54, 1.807) is 7.11 Å². The summed E-state index contributed by atoms with van der Waals surface area (Å²) in [6.07, 6.45) is 3.97. The van der Waals surface area contributed by atoms with E-state index >= 15 is 0 Å². The van der Waals surface area contributed by atoms with Crippen molar-refractivity contribution in [3.05, 3.63) is 47.3 Å². The zero-order valence-corrected chi connectivity index (χ0v) is 12.5. The lowest BCUT2D eigenvalue weighted by molar-refractivity contribution is 0.202. The van der Waals surface area contributed by atoms with Crippen molar-refractivity contribution in [3.8, 4) is 0 Å². The molecule has 4 nitrogen and oxygen atoms in total. The van der Waals surface area contributed by atoms with Crippen molar-refractivity contribution in [2.45, 2.75) is 26.3 Å². The van der Waals surface area contributed by atoms with Crippen LogP contribution in [0.3, 0.4) is 0 Å². The molecule has 0 bridgehead atoms. The highest BCUT2D eigenvalue weighted by Crippen LogP contribution is 2.18. The molecule has 1 N–H and O–H groups in total. The minimum Gasteiger partial charge on any atom is -0.384 e. The number of hydrogen-bond acceptors (Lipinski definition) is 3. The Morgan fingerprint density at radius 3 is 2.80 bits per heavy atom. The summed E-state index contributed by atoms with van der Waals surface area (Å²) >= 11 is 0. The molecule has 0 spiro atoms. The molecule has 0 radical (unpaired) electrons. The third kappa shape index (κ3) is 3.61. The van der Waals surface area contributed by atoms with Crippen molar-refractivity contribution < 1.29 is 4.74 Å². The van der Waals surface area contributed by atoms with Crippen molar-refractivity contribution in [2.24, 2.45) is 7.05 Å². The molecule has 0 saturated heterocycles. The lowest BCUT2D eigenvalue weighted by atomic mass is 10.1. The molecule has 0 amide bonds. The van der Waals surface area contributed by atoms with Gasteiger partial charge >= 0.3 is 0 Å². The molecule has 1 aromatic carbocycles. The molecule has 1 aromatic heterocycles. The summed E-state index contributed by atoms with van der Waals surface area (Å²) in [5, 5.41) is 7.99. The Bertz CT molecular complexity index is 548. The van der Waals surface area contributed by atoms with Crippen LogP contribution >= 0.6 is 0 Å². The zero-order valence-electron chi connectivity index (χ0n) is 12.5. The van der Waals surface area contributed by atoms with Crippen LogP contribution in [0.25, 0.3) is 0 Å². The Labute approximate surface area is 120 Å². The average molecular weight is 273 g/mol. The summed E-state index contributed by atoms with van der Waals surface area (Å²) in [4.78, 5) is 0. The summed E-state index contributed by atoms with van der Waals surface area (Å²) in [6.45, 7) is 3.69. The van der Waals surface area contributed by atoms with Crippen LogP contribution in [0.15, 0.2) is 30.5 Å². The Morgan fingerprint density at radius 2 is 2.05 bits per heavy atom. The van der Waals surface area contributed by atoms with Gasteiger partial charge in [0.1, 0.15) is 0 Å². The topological polar surface area (TPSA) is 39.1 Å². The Kier molecular flexibility index (Phi) is 5.18. The van der Waals surface area contributed by atoms with Crippen molar-refractivity contribution in [2.75, 3.05) is 19.0 Å². The lowest BCUT2D eigenvalue weighted by Crippen LogP contribution is -2.05. The molecular formula is C16H23N3O. The molecule has 0 aliphatic carbocycles. The first-order valence-electron chi connectivity index (χ1n) is 7.06. The minimum absolute atomic E-state index is 0.742. The number of benzene rings is 1. The summed E-state index contributed by atoms with van der Waals surface area (Å²) in [6, 6.07) is 8.39. The van der Waals surface area contributed by atoms with E-state index in [4.69, 9.17) is 4.74 Å². The summed E-state index contributed by atoms with van der Waals surface area (Å²) in [5.74, 6) is 0. The molecule has 0 saturated carbocycles. The first-order chi connectivity index (χ1) is 9.74. The van der Waals surface area contributed by atoms with E-state index in [1.165, 1.54) is 16.8 Å². The third-order valence-electron chi connectivity index (χ3n) is 3.39. The van der Waals surface area contributed by atoms with Gasteiger partial charge in [-0.05, 0) is 24.5 Å². The summed E-state index contributed by atoms with van der Waals surface area (Å²) in [7, 11) is 3.70. The highest BCUT2D eigenvalue weighted by Gasteiger charge is 2.07. The second-order valence-corrected chi connectivity index (χ2v) is 4.88. The number of para-hydroxylation sites is 1. The van der Waals surface area contributed by atoms with Gasteiger partial charge in [0, 0.05) is 38.1 Å². The number of rotatable bonds is 7. The van der Waals surface area contributed by atoms with E-state index in [0.29, 0.717) is 0 Å². The average Bonchev–Trinajstić information content (AvgIpc) is 2.84. The van der Waals surface area contributed by atoms with Gasteiger partial charge in [-0.3, -0.25) is 4.68 Å². The number of anilines is 1. The third-order valence-corrected chi connectivity index (χ3v) is 3.39. The van der Waals surface area contributed by atoms with Gasteiger partial charge in [0.15, 0.2) is 0 Å². The molecule has 20 heavy (non-hydrogen) atoms. The standard InChI is InChI=1S/C16H23N3O/c1-4-15-14(12-19(2)18-15)11-17-16-8-6-5-7-13(16)9-10-20-3/h5-8,12,17H,4,9-11H2,1-3H3. The molecule has 108 valence electrons. The van der Waals surface area contributed by atoms with E-state index in [0.717, 1.165) is 31.7 Å². The van der Waals surface area contributed by atoms with Gasteiger partial charge in [-0.25, -0.2) is 0 Å². The second-order valence-electron chi connectivity index (χ2n) is 4.88. The van der Waals surface area contributed by atoms with Gasteiger partial charge in [0.2, 0.25) is 0 Å². The van der Waals surface area contributed by atoms with Gasteiger partial charge < -0.3 is 10.1 Å². The molecule has 2 aromatic rings. The van der Waals surface area contributed by atoms with Crippen molar-refractivity contribution in [1.82, 2.24) is 9.78 Å². The fraction of sp³-hybridized carbons (Fsp3) is 0.438. The van der Waals surface area contributed by atoms with Gasteiger partial charge in [-0.2, -0.15) is 5.10 Å². The second kappa shape index (κ2) is 7.10. The molecular weight excluding hydrogens is 250 g/mol. The molecule has 0 unspecified atom stereocenters. The number of aromatic nitrogens is 2. The fourth-order valence-electron chi connectivity index (χ4n) is 2.34. The normalized spacial score (nSPS) is 10.8. The van der Waals surface area contributed by atoms with Gasteiger partial charge in [-0.15, -0.1) is 0 Å². The first-order valence-corrected chi connectivity index (χ1v) is 7.06. The van der Waals surface area contributed by atoms with Crippen LogP contribution in [0.4, 0.5) is 5.69 Å². The van der Waals surface area contributed by atoms with Gasteiger partial charge in [0.05, 0.1) is 12.3 Å². The molecule has 0 aliphatic rings. The summed E-state index contributed by atoms with van der Waals surface area (Å²) < 4.78 is 7.04.